The molecule has 1 fully saturated rings. The summed E-state index contributed by atoms with van der Waals surface area (Å²) in [6.45, 7) is 6.73. The summed E-state index contributed by atoms with van der Waals surface area (Å²) in [6, 6.07) is 12.7. The number of benzene rings is 2. The number of nitrogens with one attached hydrogen (secondary N) is 1. The zero-order chi connectivity index (χ0) is 24.5. The summed E-state index contributed by atoms with van der Waals surface area (Å²) in [5.41, 5.74) is 8.82. The van der Waals surface area contributed by atoms with Gasteiger partial charge in [0.25, 0.3) is 11.8 Å². The van der Waals surface area contributed by atoms with Gasteiger partial charge < -0.3 is 20.7 Å². The summed E-state index contributed by atoms with van der Waals surface area (Å²) in [6.07, 6.45) is 2.48. The molecule has 8 heteroatoms. The Morgan fingerprint density at radius 2 is 1.65 bits per heavy atom. The normalized spacial score (nSPS) is 14.4. The van der Waals surface area contributed by atoms with Crippen LogP contribution in [0.4, 0.5) is 5.69 Å². The summed E-state index contributed by atoms with van der Waals surface area (Å²) < 4.78 is 5.59. The molecule has 3 amide bonds. The van der Waals surface area contributed by atoms with Gasteiger partial charge in [-0.25, -0.2) is 0 Å². The number of carbonyl (C=O) groups excluding carboxylic acids is 3. The molecule has 1 heterocycles. The summed E-state index contributed by atoms with van der Waals surface area (Å²) in [4.78, 5) is 40.9. The highest BCUT2D eigenvalue weighted by Crippen LogP contribution is 2.22. The standard InChI is InChI=1S/C26H34N4O4/c1-3-19-9-7-10-20(4-2)25(19)28-23(31)17-29-13-8-14-30(16-15-29)24(32)18-34-22-12-6-5-11-21(22)26(27)33/h5-7,9-12H,3-4,8,13-18H2,1-2H3,(H2,27,33)(H,28,31). The van der Waals surface area contributed by atoms with E-state index in [1.54, 1.807) is 29.2 Å². The average molecular weight is 467 g/mol. The average Bonchev–Trinajstić information content (AvgIpc) is 3.08. The molecule has 1 aliphatic rings. The van der Waals surface area contributed by atoms with Crippen LogP contribution in [0, 0.1) is 0 Å². The summed E-state index contributed by atoms with van der Waals surface area (Å²) in [7, 11) is 0. The van der Waals surface area contributed by atoms with E-state index in [4.69, 9.17) is 10.5 Å². The fourth-order valence-corrected chi connectivity index (χ4v) is 4.19. The van der Waals surface area contributed by atoms with Crippen LogP contribution in [-0.2, 0) is 22.4 Å². The second-order valence-electron chi connectivity index (χ2n) is 8.37. The van der Waals surface area contributed by atoms with Crippen molar-refractivity contribution in [1.82, 2.24) is 9.80 Å². The molecule has 0 aliphatic carbocycles. The molecule has 2 aromatic rings. The summed E-state index contributed by atoms with van der Waals surface area (Å²) in [5.74, 6) is -0.494. The molecular formula is C26H34N4O4. The van der Waals surface area contributed by atoms with Crippen LogP contribution in [0.5, 0.6) is 5.75 Å². The summed E-state index contributed by atoms with van der Waals surface area (Å²) >= 11 is 0. The van der Waals surface area contributed by atoms with Gasteiger partial charge in [0.2, 0.25) is 5.91 Å². The number of ether oxygens (including phenoxy) is 1. The Morgan fingerprint density at radius 1 is 0.941 bits per heavy atom. The van der Waals surface area contributed by atoms with Crippen LogP contribution in [-0.4, -0.2) is 66.9 Å². The topological polar surface area (TPSA) is 105 Å². The highest BCUT2D eigenvalue weighted by Gasteiger charge is 2.22. The zero-order valence-electron chi connectivity index (χ0n) is 20.0. The van der Waals surface area contributed by atoms with Crippen LogP contribution in [0.3, 0.4) is 0 Å². The lowest BCUT2D eigenvalue weighted by molar-refractivity contribution is -0.133. The quantitative estimate of drug-likeness (QED) is 0.591. The number of nitrogens with zero attached hydrogens (tertiary/aromatic N) is 2. The number of carbonyl (C=O) groups is 3. The number of amides is 3. The highest BCUT2D eigenvalue weighted by atomic mass is 16.5. The largest absolute Gasteiger partial charge is 0.483 e. The molecule has 0 unspecified atom stereocenters. The number of nitrogens with two attached hydrogens (primary N) is 1. The van der Waals surface area contributed by atoms with Gasteiger partial charge in [0.05, 0.1) is 12.1 Å². The first kappa shape index (κ1) is 25.2. The number of anilines is 1. The van der Waals surface area contributed by atoms with Crippen molar-refractivity contribution in [1.29, 1.82) is 0 Å². The lowest BCUT2D eigenvalue weighted by atomic mass is 10.0. The smallest absolute Gasteiger partial charge is 0.260 e. The van der Waals surface area contributed by atoms with Crippen molar-refractivity contribution in [3.63, 3.8) is 0 Å². The minimum atomic E-state index is -0.598. The lowest BCUT2D eigenvalue weighted by Crippen LogP contribution is -2.39. The van der Waals surface area contributed by atoms with Gasteiger partial charge in [-0.2, -0.15) is 0 Å². The fourth-order valence-electron chi connectivity index (χ4n) is 4.19. The second kappa shape index (κ2) is 12.2. The Morgan fingerprint density at radius 3 is 2.32 bits per heavy atom. The summed E-state index contributed by atoms with van der Waals surface area (Å²) in [5, 5.41) is 3.12. The third-order valence-corrected chi connectivity index (χ3v) is 6.08. The van der Waals surface area contributed by atoms with Gasteiger partial charge in [-0.15, -0.1) is 0 Å². The number of aryl methyl sites for hydroxylation is 2. The van der Waals surface area contributed by atoms with Gasteiger partial charge in [-0.05, 0) is 42.5 Å². The SMILES string of the molecule is CCc1cccc(CC)c1NC(=O)CN1CCCN(C(=O)COc2ccccc2C(N)=O)CC1. The first-order valence-electron chi connectivity index (χ1n) is 11.8. The highest BCUT2D eigenvalue weighted by molar-refractivity contribution is 5.95. The van der Waals surface area contributed by atoms with E-state index in [1.165, 1.54) is 0 Å². The predicted molar refractivity (Wildman–Crippen MR) is 132 cm³/mol. The van der Waals surface area contributed by atoms with Crippen molar-refractivity contribution >= 4 is 23.4 Å². The van der Waals surface area contributed by atoms with Crippen molar-refractivity contribution in [3.8, 4) is 5.75 Å². The third-order valence-electron chi connectivity index (χ3n) is 6.08. The number of hydrogen-bond acceptors (Lipinski definition) is 5. The lowest BCUT2D eigenvalue weighted by Gasteiger charge is -2.22. The fraction of sp³-hybridized carbons (Fsp3) is 0.423. The number of rotatable bonds is 9. The molecule has 3 rings (SSSR count). The first-order valence-corrected chi connectivity index (χ1v) is 11.8. The predicted octanol–water partition coefficient (Wildman–Crippen LogP) is 2.46. The van der Waals surface area contributed by atoms with Crippen LogP contribution in [0.15, 0.2) is 42.5 Å². The van der Waals surface area contributed by atoms with Crippen molar-refractivity contribution in [3.05, 3.63) is 59.2 Å². The molecule has 3 N–H and O–H groups in total. The molecule has 182 valence electrons. The first-order chi connectivity index (χ1) is 16.4. The molecule has 0 atom stereocenters. The van der Waals surface area contributed by atoms with Crippen molar-refractivity contribution in [2.24, 2.45) is 5.73 Å². The van der Waals surface area contributed by atoms with Crippen LogP contribution in [0.1, 0.15) is 41.8 Å². The van der Waals surface area contributed by atoms with Crippen LogP contribution in [0.25, 0.3) is 0 Å². The maximum atomic E-state index is 12.8. The van der Waals surface area contributed by atoms with E-state index in [2.05, 4.69) is 24.1 Å². The van der Waals surface area contributed by atoms with E-state index in [1.807, 2.05) is 18.2 Å². The van der Waals surface area contributed by atoms with Crippen LogP contribution < -0.4 is 15.8 Å². The van der Waals surface area contributed by atoms with E-state index in [9.17, 15) is 14.4 Å². The van der Waals surface area contributed by atoms with Gasteiger partial charge in [0.1, 0.15) is 5.75 Å². The molecular weight excluding hydrogens is 432 g/mol. The molecule has 2 aromatic carbocycles. The van der Waals surface area contributed by atoms with E-state index < -0.39 is 5.91 Å². The van der Waals surface area contributed by atoms with Crippen molar-refractivity contribution in [2.45, 2.75) is 33.1 Å². The monoisotopic (exact) mass is 466 g/mol. The van der Waals surface area contributed by atoms with Gasteiger partial charge >= 0.3 is 0 Å². The van der Waals surface area contributed by atoms with E-state index in [0.717, 1.165) is 42.6 Å². The maximum Gasteiger partial charge on any atom is 0.260 e. The number of hydrogen-bond donors (Lipinski definition) is 2. The Balaban J connectivity index is 1.52. The van der Waals surface area contributed by atoms with Crippen molar-refractivity contribution < 1.29 is 19.1 Å². The molecule has 0 radical (unpaired) electrons. The Kier molecular flexibility index (Phi) is 9.04. The Bertz CT molecular complexity index is 1000. The second-order valence-corrected chi connectivity index (χ2v) is 8.37. The molecule has 0 spiro atoms. The number of para-hydroxylation sites is 2. The molecule has 1 saturated heterocycles. The Labute approximate surface area is 201 Å². The zero-order valence-corrected chi connectivity index (χ0v) is 20.0. The van der Waals surface area contributed by atoms with Crippen molar-refractivity contribution in [2.75, 3.05) is 44.6 Å². The molecule has 0 saturated carbocycles. The molecule has 0 bridgehead atoms. The number of primary amides is 1. The van der Waals surface area contributed by atoms with E-state index in [0.29, 0.717) is 25.4 Å². The minimum absolute atomic E-state index is 0.0400. The van der Waals surface area contributed by atoms with E-state index >= 15 is 0 Å². The van der Waals surface area contributed by atoms with Gasteiger partial charge in [0.15, 0.2) is 6.61 Å². The molecule has 0 aromatic heterocycles. The Hall–Kier alpha value is -3.39. The van der Waals surface area contributed by atoms with Crippen LogP contribution >= 0.6 is 0 Å². The molecule has 8 nitrogen and oxygen atoms in total. The molecule has 34 heavy (non-hydrogen) atoms. The van der Waals surface area contributed by atoms with Gasteiger partial charge in [-0.1, -0.05) is 44.2 Å². The van der Waals surface area contributed by atoms with Crippen LogP contribution in [0.2, 0.25) is 0 Å². The molecule has 1 aliphatic heterocycles. The minimum Gasteiger partial charge on any atom is -0.483 e. The van der Waals surface area contributed by atoms with Gasteiger partial charge in [-0.3, -0.25) is 19.3 Å². The van der Waals surface area contributed by atoms with Gasteiger partial charge in [0, 0.05) is 31.9 Å². The maximum absolute atomic E-state index is 12.8. The van der Waals surface area contributed by atoms with E-state index in [-0.39, 0.29) is 30.5 Å². The third kappa shape index (κ3) is 6.57.